The maximum atomic E-state index is 12.9. The van der Waals surface area contributed by atoms with Gasteiger partial charge in [-0.3, -0.25) is 4.79 Å². The molecule has 0 unspecified atom stereocenters. The number of carbonyl (C=O) groups excluding carboxylic acids is 1. The molecule has 0 radical (unpaired) electrons. The van der Waals surface area contributed by atoms with Gasteiger partial charge in [-0.2, -0.15) is 0 Å². The highest BCUT2D eigenvalue weighted by Crippen LogP contribution is 2.25. The van der Waals surface area contributed by atoms with Crippen molar-refractivity contribution in [1.82, 2.24) is 4.98 Å². The third-order valence-electron chi connectivity index (χ3n) is 3.36. The Labute approximate surface area is 143 Å². The molecule has 0 bridgehead atoms. The number of ether oxygens (including phenoxy) is 1. The summed E-state index contributed by atoms with van der Waals surface area (Å²) in [6.07, 6.45) is 0. The Morgan fingerprint density at radius 3 is 2.57 bits per heavy atom. The van der Waals surface area contributed by atoms with E-state index in [0.29, 0.717) is 12.2 Å². The number of nitrogens with zero attached hydrogens (tertiary/aromatic N) is 2. The molecular formula is C17H16N2O2S2. The molecule has 4 nitrogen and oxygen atoms in total. The van der Waals surface area contributed by atoms with Crippen LogP contribution in [0, 0.1) is 6.92 Å². The highest BCUT2D eigenvalue weighted by Gasteiger charge is 2.21. The molecule has 3 aromatic rings. The minimum absolute atomic E-state index is 0.0899. The van der Waals surface area contributed by atoms with Gasteiger partial charge >= 0.3 is 0 Å². The maximum Gasteiger partial charge on any atom is 0.278 e. The second-order valence-electron chi connectivity index (χ2n) is 4.92. The lowest BCUT2D eigenvalue weighted by molar-refractivity contribution is 0.0981. The molecule has 0 aliphatic heterocycles. The Bertz CT molecular complexity index is 779. The van der Waals surface area contributed by atoms with E-state index in [9.17, 15) is 4.79 Å². The maximum absolute atomic E-state index is 12.9. The summed E-state index contributed by atoms with van der Waals surface area (Å²) in [5.41, 5.74) is 1.31. The first-order valence-corrected chi connectivity index (χ1v) is 8.84. The fourth-order valence-corrected chi connectivity index (χ4v) is 3.48. The topological polar surface area (TPSA) is 42.4 Å². The Morgan fingerprint density at radius 1 is 1.22 bits per heavy atom. The number of rotatable bonds is 5. The van der Waals surface area contributed by atoms with Gasteiger partial charge in [-0.15, -0.1) is 22.7 Å². The highest BCUT2D eigenvalue weighted by molar-refractivity contribution is 7.10. The number of aromatic nitrogens is 1. The average molecular weight is 344 g/mol. The monoisotopic (exact) mass is 344 g/mol. The van der Waals surface area contributed by atoms with Crippen molar-refractivity contribution in [2.24, 2.45) is 0 Å². The standard InChI is InChI=1S/C17H16N2O2S2/c1-12-18-16(11-23-12)17(20)19(10-15-4-3-9-22-15)13-5-7-14(21-2)8-6-13/h3-9,11H,10H2,1-2H3. The van der Waals surface area contributed by atoms with Gasteiger partial charge in [0, 0.05) is 15.9 Å². The average Bonchev–Trinajstić information content (AvgIpc) is 3.24. The number of aryl methyl sites for hydroxylation is 1. The molecule has 1 amide bonds. The molecule has 0 spiro atoms. The molecule has 0 saturated carbocycles. The largest absolute Gasteiger partial charge is 0.497 e. The summed E-state index contributed by atoms with van der Waals surface area (Å²) in [6.45, 7) is 2.43. The fourth-order valence-electron chi connectivity index (χ4n) is 2.20. The number of amides is 1. The molecule has 2 aromatic heterocycles. The Morgan fingerprint density at radius 2 is 2.00 bits per heavy atom. The van der Waals surface area contributed by atoms with Crippen LogP contribution in [0.15, 0.2) is 47.2 Å². The number of hydrogen-bond donors (Lipinski definition) is 0. The molecule has 3 rings (SSSR count). The number of thiophene rings is 1. The molecule has 0 atom stereocenters. The van der Waals surface area contributed by atoms with Gasteiger partial charge in [0.25, 0.3) is 5.91 Å². The van der Waals surface area contributed by atoms with Gasteiger partial charge in [0.15, 0.2) is 0 Å². The zero-order valence-corrected chi connectivity index (χ0v) is 14.5. The van der Waals surface area contributed by atoms with Gasteiger partial charge in [0.2, 0.25) is 0 Å². The van der Waals surface area contributed by atoms with Crippen molar-refractivity contribution in [2.75, 3.05) is 12.0 Å². The van der Waals surface area contributed by atoms with Crippen LogP contribution in [0.25, 0.3) is 0 Å². The zero-order chi connectivity index (χ0) is 16.2. The van der Waals surface area contributed by atoms with E-state index in [1.165, 1.54) is 11.3 Å². The van der Waals surface area contributed by atoms with E-state index in [2.05, 4.69) is 4.98 Å². The lowest BCUT2D eigenvalue weighted by atomic mass is 10.2. The van der Waals surface area contributed by atoms with Crippen molar-refractivity contribution >= 4 is 34.3 Å². The van der Waals surface area contributed by atoms with Gasteiger partial charge < -0.3 is 9.64 Å². The lowest BCUT2D eigenvalue weighted by Gasteiger charge is -2.21. The molecule has 0 saturated heterocycles. The molecule has 0 aliphatic rings. The predicted molar refractivity (Wildman–Crippen MR) is 94.7 cm³/mol. The second-order valence-corrected chi connectivity index (χ2v) is 7.01. The number of thiazole rings is 1. The minimum Gasteiger partial charge on any atom is -0.497 e. The van der Waals surface area contributed by atoms with Crippen LogP contribution in [-0.2, 0) is 6.54 Å². The second kappa shape index (κ2) is 6.93. The number of hydrogen-bond acceptors (Lipinski definition) is 5. The summed E-state index contributed by atoms with van der Waals surface area (Å²) in [5, 5.41) is 4.71. The van der Waals surface area contributed by atoms with E-state index in [0.717, 1.165) is 21.3 Å². The molecule has 0 fully saturated rings. The van der Waals surface area contributed by atoms with Crippen LogP contribution in [0.5, 0.6) is 5.75 Å². The van der Waals surface area contributed by atoms with Crippen molar-refractivity contribution in [3.63, 3.8) is 0 Å². The van der Waals surface area contributed by atoms with Crippen LogP contribution in [0.4, 0.5) is 5.69 Å². The summed E-state index contributed by atoms with van der Waals surface area (Å²) >= 11 is 3.12. The summed E-state index contributed by atoms with van der Waals surface area (Å²) < 4.78 is 5.19. The smallest absolute Gasteiger partial charge is 0.278 e. The van der Waals surface area contributed by atoms with Gasteiger partial charge in [0.05, 0.1) is 18.7 Å². The number of benzene rings is 1. The molecule has 23 heavy (non-hydrogen) atoms. The first-order valence-electron chi connectivity index (χ1n) is 7.08. The van der Waals surface area contributed by atoms with E-state index in [1.807, 2.05) is 54.1 Å². The van der Waals surface area contributed by atoms with Gasteiger partial charge in [0.1, 0.15) is 11.4 Å². The van der Waals surface area contributed by atoms with Crippen molar-refractivity contribution in [3.8, 4) is 5.75 Å². The molecule has 0 aliphatic carbocycles. The summed E-state index contributed by atoms with van der Waals surface area (Å²) in [5.74, 6) is 0.676. The molecule has 0 N–H and O–H groups in total. The van der Waals surface area contributed by atoms with Crippen LogP contribution in [0.1, 0.15) is 20.4 Å². The zero-order valence-electron chi connectivity index (χ0n) is 12.9. The normalized spacial score (nSPS) is 10.5. The van der Waals surface area contributed by atoms with E-state index in [4.69, 9.17) is 4.74 Å². The van der Waals surface area contributed by atoms with Crippen LogP contribution in [-0.4, -0.2) is 18.0 Å². The van der Waals surface area contributed by atoms with E-state index < -0.39 is 0 Å². The quantitative estimate of drug-likeness (QED) is 0.690. The first-order chi connectivity index (χ1) is 11.2. The van der Waals surface area contributed by atoms with Gasteiger partial charge in [-0.1, -0.05) is 6.07 Å². The van der Waals surface area contributed by atoms with Gasteiger partial charge in [-0.05, 0) is 42.6 Å². The molecular weight excluding hydrogens is 328 g/mol. The molecule has 2 heterocycles. The number of methoxy groups -OCH3 is 1. The van der Waals surface area contributed by atoms with E-state index >= 15 is 0 Å². The Balaban J connectivity index is 1.93. The number of carbonyl (C=O) groups is 1. The lowest BCUT2D eigenvalue weighted by Crippen LogP contribution is -2.30. The SMILES string of the molecule is COc1ccc(N(Cc2cccs2)C(=O)c2csc(C)n2)cc1. The summed E-state index contributed by atoms with van der Waals surface area (Å²) in [6, 6.07) is 11.5. The number of anilines is 1. The van der Waals surface area contributed by atoms with Crippen molar-refractivity contribution in [3.05, 3.63) is 62.7 Å². The fraction of sp³-hybridized carbons (Fsp3) is 0.176. The predicted octanol–water partition coefficient (Wildman–Crippen LogP) is 4.37. The molecule has 6 heteroatoms. The van der Waals surface area contributed by atoms with Crippen molar-refractivity contribution in [1.29, 1.82) is 0 Å². The van der Waals surface area contributed by atoms with Crippen LogP contribution < -0.4 is 9.64 Å². The van der Waals surface area contributed by atoms with Crippen LogP contribution in [0.3, 0.4) is 0 Å². The Hall–Kier alpha value is -2.18. The first kappa shape index (κ1) is 15.7. The Kier molecular flexibility index (Phi) is 4.73. The van der Waals surface area contributed by atoms with E-state index in [-0.39, 0.29) is 5.91 Å². The highest BCUT2D eigenvalue weighted by atomic mass is 32.1. The third kappa shape index (κ3) is 3.60. The summed E-state index contributed by atoms with van der Waals surface area (Å²) in [4.78, 5) is 20.1. The van der Waals surface area contributed by atoms with Crippen LogP contribution >= 0.6 is 22.7 Å². The van der Waals surface area contributed by atoms with Crippen LogP contribution in [0.2, 0.25) is 0 Å². The minimum atomic E-state index is -0.0899. The van der Waals surface area contributed by atoms with Crippen molar-refractivity contribution in [2.45, 2.75) is 13.5 Å². The van der Waals surface area contributed by atoms with Gasteiger partial charge in [-0.25, -0.2) is 4.98 Å². The van der Waals surface area contributed by atoms with E-state index in [1.54, 1.807) is 23.3 Å². The molecule has 118 valence electrons. The molecule has 1 aromatic carbocycles. The van der Waals surface area contributed by atoms with Crippen molar-refractivity contribution < 1.29 is 9.53 Å². The third-order valence-corrected chi connectivity index (χ3v) is 5.00. The summed E-state index contributed by atoms with van der Waals surface area (Å²) in [7, 11) is 1.63.